The van der Waals surface area contributed by atoms with Gasteiger partial charge in [0.15, 0.2) is 0 Å². The molecule has 0 aliphatic carbocycles. The van der Waals surface area contributed by atoms with E-state index in [1.807, 2.05) is 83.6 Å². The molecule has 0 aliphatic heterocycles. The van der Waals surface area contributed by atoms with Crippen LogP contribution in [-0.2, 0) is 5.54 Å². The van der Waals surface area contributed by atoms with E-state index in [9.17, 15) is 0 Å². The van der Waals surface area contributed by atoms with Crippen molar-refractivity contribution in [1.29, 1.82) is 0 Å². The van der Waals surface area contributed by atoms with Crippen molar-refractivity contribution in [1.82, 2.24) is 9.55 Å². The van der Waals surface area contributed by atoms with Crippen molar-refractivity contribution >= 4 is 0 Å². The smallest absolute Gasteiger partial charge is 0.129 e. The molecule has 0 aliphatic rings. The number of halogens is 1. The Balaban J connectivity index is 2.15. The molecule has 3 aromatic carbocycles. The summed E-state index contributed by atoms with van der Waals surface area (Å²) in [6.45, 7) is 0. The quantitative estimate of drug-likeness (QED) is 0.489. The predicted molar refractivity (Wildman–Crippen MR) is 96.8 cm³/mol. The first-order chi connectivity index (χ1) is 12.3. The topological polar surface area (TPSA) is 17.8 Å². The van der Waals surface area contributed by atoms with Gasteiger partial charge in [-0.25, -0.2) is 9.37 Å². The summed E-state index contributed by atoms with van der Waals surface area (Å²) in [4.78, 5) is 4.23. The van der Waals surface area contributed by atoms with Crippen LogP contribution in [0.5, 0.6) is 0 Å². The third-order valence-corrected chi connectivity index (χ3v) is 4.54. The van der Waals surface area contributed by atoms with Gasteiger partial charge in [0.05, 0.1) is 6.33 Å². The molecule has 122 valence electrons. The zero-order valence-corrected chi connectivity index (χ0v) is 13.6. The molecule has 0 fully saturated rings. The van der Waals surface area contributed by atoms with Crippen LogP contribution in [0.1, 0.15) is 16.7 Å². The summed E-state index contributed by atoms with van der Waals surface area (Å²) in [6.07, 6.45) is 5.35. The van der Waals surface area contributed by atoms with Gasteiger partial charge < -0.3 is 4.57 Å². The molecule has 25 heavy (non-hydrogen) atoms. The lowest BCUT2D eigenvalue weighted by atomic mass is 9.76. The van der Waals surface area contributed by atoms with Crippen molar-refractivity contribution in [2.45, 2.75) is 5.54 Å². The van der Waals surface area contributed by atoms with E-state index < -0.39 is 5.54 Å². The molecule has 1 heterocycles. The number of hydrogen-bond donors (Lipinski definition) is 0. The Labute approximate surface area is 146 Å². The third kappa shape index (κ3) is 2.45. The van der Waals surface area contributed by atoms with Crippen LogP contribution in [0.3, 0.4) is 0 Å². The minimum Gasteiger partial charge on any atom is -0.319 e. The monoisotopic (exact) mass is 327 g/mol. The van der Waals surface area contributed by atoms with Crippen molar-refractivity contribution in [3.63, 3.8) is 0 Å². The highest BCUT2D eigenvalue weighted by molar-refractivity contribution is 5.51. The summed E-state index contributed by atoms with van der Waals surface area (Å²) in [5.41, 5.74) is 1.71. The Morgan fingerprint density at radius 3 is 1.80 bits per heavy atom. The Bertz CT molecular complexity index is 908. The van der Waals surface area contributed by atoms with E-state index >= 15 is 4.39 Å². The highest BCUT2D eigenvalue weighted by Crippen LogP contribution is 2.41. The first kappa shape index (κ1) is 15.3. The van der Waals surface area contributed by atoms with Crippen LogP contribution in [0.15, 0.2) is 104 Å². The molecule has 0 amide bonds. The highest BCUT2D eigenvalue weighted by Gasteiger charge is 2.39. The minimum atomic E-state index is -0.829. The van der Waals surface area contributed by atoms with Crippen LogP contribution in [0.2, 0.25) is 0 Å². The maximum Gasteiger partial charge on any atom is 0.129 e. The molecule has 0 bridgehead atoms. The van der Waals surface area contributed by atoms with Crippen LogP contribution in [0.4, 0.5) is 4.39 Å². The van der Waals surface area contributed by atoms with Crippen LogP contribution in [0, 0.1) is 5.82 Å². The van der Waals surface area contributed by atoms with Gasteiger partial charge in [-0.2, -0.15) is 0 Å². The summed E-state index contributed by atoms with van der Waals surface area (Å²) >= 11 is 0. The van der Waals surface area contributed by atoms with Gasteiger partial charge in [0.25, 0.3) is 0 Å². The van der Waals surface area contributed by atoms with E-state index in [0.29, 0.717) is 5.56 Å². The predicted octanol–water partition coefficient (Wildman–Crippen LogP) is 4.86. The lowest BCUT2D eigenvalue weighted by Gasteiger charge is -2.37. The van der Waals surface area contributed by atoms with Gasteiger partial charge in [-0.15, -0.1) is 0 Å². The zero-order valence-electron chi connectivity index (χ0n) is 13.6. The molecule has 1 aromatic heterocycles. The highest BCUT2D eigenvalue weighted by atomic mass is 18.2. The van der Waals surface area contributed by atoms with Gasteiger partial charge in [-0.3, -0.25) is 0 Å². The standard InChI is InChI=1S/C22H17FN2/c23-21-14-8-7-13-20(21)22(25-16-15-24-17-25,18-9-3-1-4-10-18)19-11-5-2-6-12-19/h1-17H/i23-1. The van der Waals surface area contributed by atoms with Crippen molar-refractivity contribution in [2.24, 2.45) is 0 Å². The fraction of sp³-hybridized carbons (Fsp3) is 0.0455. The van der Waals surface area contributed by atoms with E-state index in [0.717, 1.165) is 11.1 Å². The van der Waals surface area contributed by atoms with Crippen molar-refractivity contribution in [3.8, 4) is 0 Å². The van der Waals surface area contributed by atoms with Gasteiger partial charge in [-0.05, 0) is 17.2 Å². The van der Waals surface area contributed by atoms with Crippen molar-refractivity contribution in [3.05, 3.63) is 126 Å². The molecule has 0 saturated heterocycles. The average molecular weight is 327 g/mol. The van der Waals surface area contributed by atoms with E-state index in [4.69, 9.17) is 0 Å². The maximum atomic E-state index is 15.0. The molecule has 0 saturated carbocycles. The number of imidazole rings is 1. The van der Waals surface area contributed by atoms with E-state index in [-0.39, 0.29) is 5.82 Å². The molecule has 3 heteroatoms. The summed E-state index contributed by atoms with van der Waals surface area (Å²) in [7, 11) is 0. The molecule has 0 atom stereocenters. The Morgan fingerprint density at radius 1 is 0.720 bits per heavy atom. The van der Waals surface area contributed by atoms with Gasteiger partial charge in [0.2, 0.25) is 0 Å². The van der Waals surface area contributed by atoms with Crippen molar-refractivity contribution in [2.75, 3.05) is 0 Å². The molecule has 0 radical (unpaired) electrons. The second-order valence-electron chi connectivity index (χ2n) is 5.89. The Morgan fingerprint density at radius 2 is 1.28 bits per heavy atom. The lowest BCUT2D eigenvalue weighted by molar-refractivity contribution is 0.478. The largest absolute Gasteiger partial charge is 0.319 e. The van der Waals surface area contributed by atoms with Crippen LogP contribution >= 0.6 is 0 Å². The molecule has 0 unspecified atom stereocenters. The van der Waals surface area contributed by atoms with Crippen molar-refractivity contribution < 1.29 is 4.39 Å². The minimum absolute atomic E-state index is 0.246. The molecule has 0 spiro atoms. The number of benzene rings is 3. The Hall–Kier alpha value is -3.20. The summed E-state index contributed by atoms with van der Waals surface area (Å²) in [5, 5.41) is 0. The normalized spacial score (nSPS) is 11.4. The fourth-order valence-electron chi connectivity index (χ4n) is 3.49. The van der Waals surface area contributed by atoms with E-state index in [1.165, 1.54) is 6.07 Å². The van der Waals surface area contributed by atoms with Gasteiger partial charge in [0, 0.05) is 18.0 Å². The average Bonchev–Trinajstić information content (AvgIpc) is 3.21. The molecular formula is C22H17FN2. The molecule has 4 rings (SSSR count). The van der Waals surface area contributed by atoms with E-state index in [2.05, 4.69) is 4.98 Å². The van der Waals surface area contributed by atoms with Gasteiger partial charge >= 0.3 is 0 Å². The number of aromatic nitrogens is 2. The second-order valence-corrected chi connectivity index (χ2v) is 5.89. The third-order valence-electron chi connectivity index (χ3n) is 4.54. The Kier molecular flexibility index (Phi) is 3.90. The van der Waals surface area contributed by atoms with Gasteiger partial charge in [0.1, 0.15) is 11.4 Å². The molecule has 0 N–H and O–H groups in total. The van der Waals surface area contributed by atoms with Gasteiger partial charge in [-0.1, -0.05) is 78.9 Å². The van der Waals surface area contributed by atoms with E-state index in [1.54, 1.807) is 18.6 Å². The number of hydrogen-bond acceptors (Lipinski definition) is 1. The molecule has 4 aromatic rings. The molecular weight excluding hydrogens is 310 g/mol. The lowest BCUT2D eigenvalue weighted by Crippen LogP contribution is -2.37. The summed E-state index contributed by atoms with van der Waals surface area (Å²) in [6, 6.07) is 26.9. The maximum absolute atomic E-state index is 15.0. The zero-order chi connectivity index (χ0) is 17.1. The second kappa shape index (κ2) is 6.36. The first-order valence-electron chi connectivity index (χ1n) is 8.18. The first-order valence-corrected chi connectivity index (χ1v) is 8.18. The van der Waals surface area contributed by atoms with Crippen LogP contribution < -0.4 is 0 Å². The summed E-state index contributed by atoms with van der Waals surface area (Å²) in [5.74, 6) is -0.246. The summed E-state index contributed by atoms with van der Waals surface area (Å²) < 4.78 is 17.0. The SMILES string of the molecule is [18F]c1ccccc1C(c1ccccc1)(c1ccccc1)n1ccnc1. The number of rotatable bonds is 4. The van der Waals surface area contributed by atoms with Crippen LogP contribution in [-0.4, -0.2) is 9.55 Å². The fourth-order valence-corrected chi connectivity index (χ4v) is 3.49. The van der Waals surface area contributed by atoms with Crippen LogP contribution in [0.25, 0.3) is 0 Å². The number of nitrogens with zero attached hydrogens (tertiary/aromatic N) is 2. The molecule has 2 nitrogen and oxygen atoms in total.